The molecule has 0 aromatic carbocycles. The largest absolute Gasteiger partial charge is 0.357 e. The van der Waals surface area contributed by atoms with Crippen molar-refractivity contribution in [2.75, 3.05) is 31.1 Å². The molecule has 1 saturated carbocycles. The molecule has 0 spiro atoms. The summed E-state index contributed by atoms with van der Waals surface area (Å²) in [5.41, 5.74) is 0.367. The van der Waals surface area contributed by atoms with E-state index in [0.717, 1.165) is 19.0 Å². The summed E-state index contributed by atoms with van der Waals surface area (Å²) in [5, 5.41) is 6.35. The van der Waals surface area contributed by atoms with Crippen molar-refractivity contribution in [3.05, 3.63) is 0 Å². The van der Waals surface area contributed by atoms with E-state index in [-0.39, 0.29) is 11.5 Å². The number of sulfone groups is 1. The molecule has 22 heavy (non-hydrogen) atoms. The Balaban J connectivity index is 2.54. The lowest BCUT2D eigenvalue weighted by molar-refractivity contribution is 0.111. The van der Waals surface area contributed by atoms with Gasteiger partial charge < -0.3 is 10.6 Å². The van der Waals surface area contributed by atoms with Gasteiger partial charge >= 0.3 is 0 Å². The molecule has 5 nitrogen and oxygen atoms in total. The highest BCUT2D eigenvalue weighted by Gasteiger charge is 2.37. The number of guanidine groups is 1. The van der Waals surface area contributed by atoms with Crippen LogP contribution in [0.25, 0.3) is 0 Å². The molecule has 1 fully saturated rings. The van der Waals surface area contributed by atoms with Gasteiger partial charge in [-0.1, -0.05) is 27.2 Å². The van der Waals surface area contributed by atoms with E-state index in [9.17, 15) is 8.42 Å². The van der Waals surface area contributed by atoms with Crippen LogP contribution in [0, 0.1) is 11.3 Å². The highest BCUT2D eigenvalue weighted by atomic mass is 32.2. The summed E-state index contributed by atoms with van der Waals surface area (Å²) >= 11 is 0. The van der Waals surface area contributed by atoms with Gasteiger partial charge in [-0.25, -0.2) is 8.42 Å². The zero-order valence-corrected chi connectivity index (χ0v) is 15.4. The Morgan fingerprint density at radius 1 is 1.23 bits per heavy atom. The van der Waals surface area contributed by atoms with E-state index >= 15 is 0 Å². The van der Waals surface area contributed by atoms with Gasteiger partial charge in [-0.3, -0.25) is 4.99 Å². The van der Waals surface area contributed by atoms with E-state index in [1.165, 1.54) is 25.7 Å². The molecule has 0 radical (unpaired) electrons. The molecular weight excluding hydrogens is 298 g/mol. The van der Waals surface area contributed by atoms with Crippen LogP contribution in [0.15, 0.2) is 4.99 Å². The number of nitrogens with zero attached hydrogens (tertiary/aromatic N) is 1. The van der Waals surface area contributed by atoms with E-state index in [4.69, 9.17) is 4.99 Å². The maximum absolute atomic E-state index is 11.5. The third-order valence-corrected chi connectivity index (χ3v) is 6.02. The number of rotatable bonds is 9. The molecule has 0 unspecified atom stereocenters. The lowest BCUT2D eigenvalue weighted by Gasteiger charge is -2.42. The van der Waals surface area contributed by atoms with Crippen molar-refractivity contribution in [1.29, 1.82) is 0 Å². The van der Waals surface area contributed by atoms with Crippen molar-refractivity contribution >= 4 is 15.8 Å². The molecule has 0 atom stereocenters. The molecule has 130 valence electrons. The van der Waals surface area contributed by atoms with Crippen LogP contribution in [-0.2, 0) is 9.84 Å². The number of hydrogen-bond donors (Lipinski definition) is 2. The molecule has 0 aliphatic heterocycles. The summed E-state index contributed by atoms with van der Waals surface area (Å²) in [6.07, 6.45) is 5.05. The summed E-state index contributed by atoms with van der Waals surface area (Å²) < 4.78 is 23.1. The number of hydrogen-bond acceptors (Lipinski definition) is 3. The van der Waals surface area contributed by atoms with Crippen molar-refractivity contribution in [2.24, 2.45) is 16.3 Å². The molecule has 0 heterocycles. The normalized spacial score (nSPS) is 18.1. The van der Waals surface area contributed by atoms with Crippen molar-refractivity contribution in [2.45, 2.75) is 53.4 Å². The molecule has 1 aliphatic rings. The van der Waals surface area contributed by atoms with Gasteiger partial charge in [0.2, 0.25) is 0 Å². The first-order valence-electron chi connectivity index (χ1n) is 8.55. The van der Waals surface area contributed by atoms with Crippen LogP contribution in [0.3, 0.4) is 0 Å². The molecule has 6 heteroatoms. The fourth-order valence-corrected chi connectivity index (χ4v) is 3.73. The molecule has 1 rings (SSSR count). The minimum atomic E-state index is -2.93. The van der Waals surface area contributed by atoms with E-state index in [0.29, 0.717) is 17.9 Å². The fourth-order valence-electron chi connectivity index (χ4n) is 3.03. The first-order valence-corrected chi connectivity index (χ1v) is 10.4. The molecule has 1 aliphatic carbocycles. The Bertz CT molecular complexity index is 454. The Morgan fingerprint density at radius 2 is 1.91 bits per heavy atom. The molecule has 0 saturated heterocycles. The first kappa shape index (κ1) is 19.3. The predicted molar refractivity (Wildman–Crippen MR) is 94.0 cm³/mol. The maximum Gasteiger partial charge on any atom is 0.191 e. The van der Waals surface area contributed by atoms with Crippen molar-refractivity contribution in [3.63, 3.8) is 0 Å². The van der Waals surface area contributed by atoms with Gasteiger partial charge in [-0.05, 0) is 37.5 Å². The summed E-state index contributed by atoms with van der Waals surface area (Å²) in [4.78, 5) is 4.71. The lowest BCUT2D eigenvalue weighted by atomic mass is 9.64. The highest BCUT2D eigenvalue weighted by Crippen LogP contribution is 2.46. The Labute approximate surface area is 136 Å². The van der Waals surface area contributed by atoms with Crippen LogP contribution in [0.1, 0.15) is 53.4 Å². The first-order chi connectivity index (χ1) is 10.3. The van der Waals surface area contributed by atoms with Gasteiger partial charge in [0, 0.05) is 25.4 Å². The van der Waals surface area contributed by atoms with Crippen LogP contribution >= 0.6 is 0 Å². The van der Waals surface area contributed by atoms with Gasteiger partial charge in [0.05, 0.1) is 5.75 Å². The molecule has 2 N–H and O–H groups in total. The summed E-state index contributed by atoms with van der Waals surface area (Å²) in [6.45, 7) is 10.3. The molecule has 0 bridgehead atoms. The zero-order chi connectivity index (χ0) is 16.6. The summed E-state index contributed by atoms with van der Waals surface area (Å²) in [7, 11) is -2.93. The van der Waals surface area contributed by atoms with Crippen LogP contribution < -0.4 is 10.6 Å². The molecule has 0 amide bonds. The Hall–Kier alpha value is -0.780. The summed E-state index contributed by atoms with van der Waals surface area (Å²) in [5.74, 6) is 1.79. The van der Waals surface area contributed by atoms with Gasteiger partial charge in [0.1, 0.15) is 0 Å². The molecule has 0 aromatic heterocycles. The van der Waals surface area contributed by atoms with E-state index in [2.05, 4.69) is 24.5 Å². The Kier molecular flexibility index (Phi) is 7.66. The fraction of sp³-hybridized carbons (Fsp3) is 0.938. The second-order valence-electron chi connectivity index (χ2n) is 6.81. The van der Waals surface area contributed by atoms with Crippen LogP contribution in [0.4, 0.5) is 0 Å². The second-order valence-corrected chi connectivity index (χ2v) is 9.28. The average molecular weight is 332 g/mol. The van der Waals surface area contributed by atoms with Gasteiger partial charge in [-0.15, -0.1) is 0 Å². The standard InChI is InChI=1S/C16H33N3O2S/c1-5-17-15(18-10-11-22(20,21)6-2)19-13-16(8-7-9-16)12-14(3)4/h14H,5-13H2,1-4H3,(H2,17,18,19). The van der Waals surface area contributed by atoms with Gasteiger partial charge in [0.25, 0.3) is 0 Å². The van der Waals surface area contributed by atoms with Crippen molar-refractivity contribution in [1.82, 2.24) is 10.6 Å². The van der Waals surface area contributed by atoms with Crippen molar-refractivity contribution in [3.8, 4) is 0 Å². The summed E-state index contributed by atoms with van der Waals surface area (Å²) in [6, 6.07) is 0. The molecular formula is C16H33N3O2S. The maximum atomic E-state index is 11.5. The average Bonchev–Trinajstić information content (AvgIpc) is 2.40. The zero-order valence-electron chi connectivity index (χ0n) is 14.6. The Morgan fingerprint density at radius 3 is 2.36 bits per heavy atom. The smallest absolute Gasteiger partial charge is 0.191 e. The van der Waals surface area contributed by atoms with Gasteiger partial charge in [0.15, 0.2) is 15.8 Å². The van der Waals surface area contributed by atoms with E-state index in [1.54, 1.807) is 6.92 Å². The van der Waals surface area contributed by atoms with Crippen LogP contribution in [0.2, 0.25) is 0 Å². The van der Waals surface area contributed by atoms with E-state index in [1.807, 2.05) is 6.92 Å². The lowest BCUT2D eigenvalue weighted by Crippen LogP contribution is -2.41. The number of aliphatic imine (C=N–C) groups is 1. The predicted octanol–water partition coefficient (Wildman–Crippen LogP) is 2.19. The monoisotopic (exact) mass is 331 g/mol. The van der Waals surface area contributed by atoms with Gasteiger partial charge in [-0.2, -0.15) is 0 Å². The minimum absolute atomic E-state index is 0.158. The SMILES string of the molecule is CCNC(=NCC1(CC(C)C)CCC1)NCCS(=O)(=O)CC. The minimum Gasteiger partial charge on any atom is -0.357 e. The third kappa shape index (κ3) is 6.55. The topological polar surface area (TPSA) is 70.6 Å². The van der Waals surface area contributed by atoms with E-state index < -0.39 is 9.84 Å². The molecule has 0 aromatic rings. The third-order valence-electron chi connectivity index (χ3n) is 4.32. The van der Waals surface area contributed by atoms with Crippen molar-refractivity contribution < 1.29 is 8.42 Å². The van der Waals surface area contributed by atoms with Crippen LogP contribution in [0.5, 0.6) is 0 Å². The number of nitrogens with one attached hydrogen (secondary N) is 2. The highest BCUT2D eigenvalue weighted by molar-refractivity contribution is 7.91. The second kappa shape index (κ2) is 8.75. The van der Waals surface area contributed by atoms with Crippen LogP contribution in [-0.4, -0.2) is 45.5 Å². The quantitative estimate of drug-likeness (QED) is 0.502.